The van der Waals surface area contributed by atoms with E-state index in [4.69, 9.17) is 0 Å². The second-order valence-corrected chi connectivity index (χ2v) is 8.59. The lowest BCUT2D eigenvalue weighted by Gasteiger charge is -2.17. The van der Waals surface area contributed by atoms with Gasteiger partial charge in [0, 0.05) is 22.8 Å². The molecule has 0 saturated carbocycles. The number of benzene rings is 1. The van der Waals surface area contributed by atoms with E-state index in [9.17, 15) is 9.59 Å². The van der Waals surface area contributed by atoms with Crippen molar-refractivity contribution >= 4 is 44.6 Å². The molecule has 0 bridgehead atoms. The van der Waals surface area contributed by atoms with Crippen molar-refractivity contribution in [1.82, 2.24) is 19.9 Å². The minimum atomic E-state index is -0.0970. The Morgan fingerprint density at radius 1 is 1.39 bits per heavy atom. The number of rotatable bonds is 7. The van der Waals surface area contributed by atoms with Gasteiger partial charge < -0.3 is 10.3 Å². The summed E-state index contributed by atoms with van der Waals surface area (Å²) in [5.41, 5.74) is 2.97. The Bertz CT molecular complexity index is 1060. The maximum absolute atomic E-state index is 12.9. The molecule has 0 aliphatic heterocycles. The van der Waals surface area contributed by atoms with Gasteiger partial charge in [0.25, 0.3) is 5.56 Å². The van der Waals surface area contributed by atoms with Gasteiger partial charge in [-0.1, -0.05) is 46.7 Å². The van der Waals surface area contributed by atoms with Gasteiger partial charge in [-0.15, -0.1) is 0 Å². The summed E-state index contributed by atoms with van der Waals surface area (Å²) in [5.74, 6) is 0.103. The van der Waals surface area contributed by atoms with Gasteiger partial charge in [0.15, 0.2) is 5.16 Å². The first-order valence-corrected chi connectivity index (χ1v) is 10.9. The number of fused-ring (bicyclic) bond motifs is 1. The Labute approximate surface area is 176 Å². The van der Waals surface area contributed by atoms with Crippen molar-refractivity contribution in [2.45, 2.75) is 44.9 Å². The first-order chi connectivity index (χ1) is 13.4. The van der Waals surface area contributed by atoms with Crippen LogP contribution < -0.4 is 10.9 Å². The molecule has 0 aliphatic carbocycles. The molecule has 0 saturated heterocycles. The highest BCUT2D eigenvalue weighted by Crippen LogP contribution is 2.22. The van der Waals surface area contributed by atoms with Crippen molar-refractivity contribution in [3.63, 3.8) is 0 Å². The first-order valence-electron chi connectivity index (χ1n) is 9.14. The number of aromatic nitrogens is 3. The molecule has 148 valence electrons. The fourth-order valence-electron chi connectivity index (χ4n) is 2.89. The van der Waals surface area contributed by atoms with Crippen LogP contribution in [0.1, 0.15) is 37.6 Å². The third kappa shape index (κ3) is 4.67. The minimum absolute atomic E-state index is 0.000219. The molecule has 1 aromatic carbocycles. The summed E-state index contributed by atoms with van der Waals surface area (Å²) in [6.45, 7) is 6.37. The number of hydrogen-bond acceptors (Lipinski definition) is 4. The van der Waals surface area contributed by atoms with E-state index in [0.29, 0.717) is 22.7 Å². The second-order valence-electron chi connectivity index (χ2n) is 6.73. The van der Waals surface area contributed by atoms with Crippen molar-refractivity contribution in [2.24, 2.45) is 0 Å². The Hall–Kier alpha value is -2.06. The average molecular weight is 463 g/mol. The number of carbonyl (C=O) groups is 1. The summed E-state index contributed by atoms with van der Waals surface area (Å²) in [7, 11) is 0. The van der Waals surface area contributed by atoms with Gasteiger partial charge in [0.05, 0.1) is 11.3 Å². The molecule has 28 heavy (non-hydrogen) atoms. The monoisotopic (exact) mass is 462 g/mol. The van der Waals surface area contributed by atoms with E-state index in [2.05, 4.69) is 31.2 Å². The molecule has 0 spiro atoms. The van der Waals surface area contributed by atoms with Crippen LogP contribution in [0.3, 0.4) is 0 Å². The third-order valence-electron chi connectivity index (χ3n) is 4.53. The standard InChI is InChI=1S/C20H23BrN4O2S/c1-4-13(3)25-19(27)18-16(8-12(2)23-18)24-20(25)28-11-17(26)22-10-14-6-5-7-15(21)9-14/h5-9,13,23H,4,10-11H2,1-3H3,(H,22,26). The average Bonchev–Trinajstić information content (AvgIpc) is 3.05. The zero-order valence-corrected chi connectivity index (χ0v) is 18.5. The molecular formula is C20H23BrN4O2S. The van der Waals surface area contributed by atoms with E-state index in [1.165, 1.54) is 11.8 Å². The van der Waals surface area contributed by atoms with Gasteiger partial charge in [0.1, 0.15) is 5.52 Å². The summed E-state index contributed by atoms with van der Waals surface area (Å²) in [4.78, 5) is 33.0. The van der Waals surface area contributed by atoms with E-state index in [1.54, 1.807) is 4.57 Å². The van der Waals surface area contributed by atoms with Crippen molar-refractivity contribution in [2.75, 3.05) is 5.75 Å². The predicted molar refractivity (Wildman–Crippen MR) is 117 cm³/mol. The predicted octanol–water partition coefficient (Wildman–Crippen LogP) is 4.18. The second kappa shape index (κ2) is 8.96. The smallest absolute Gasteiger partial charge is 0.278 e. The molecular weight excluding hydrogens is 440 g/mol. The van der Waals surface area contributed by atoms with E-state index in [-0.39, 0.29) is 23.3 Å². The van der Waals surface area contributed by atoms with Gasteiger partial charge in [0.2, 0.25) is 5.91 Å². The van der Waals surface area contributed by atoms with Crippen molar-refractivity contribution in [1.29, 1.82) is 0 Å². The maximum Gasteiger partial charge on any atom is 0.278 e. The fraction of sp³-hybridized carbons (Fsp3) is 0.350. The zero-order valence-electron chi connectivity index (χ0n) is 16.1. The number of carbonyl (C=O) groups excluding carboxylic acids is 1. The molecule has 1 atom stereocenters. The number of aromatic amines is 1. The van der Waals surface area contributed by atoms with Crippen LogP contribution in [0.2, 0.25) is 0 Å². The van der Waals surface area contributed by atoms with Crippen LogP contribution in [0.5, 0.6) is 0 Å². The van der Waals surface area contributed by atoms with Gasteiger partial charge in [-0.2, -0.15) is 0 Å². The van der Waals surface area contributed by atoms with Crippen LogP contribution in [0.15, 0.2) is 44.8 Å². The quantitative estimate of drug-likeness (QED) is 0.407. The molecule has 0 aliphatic rings. The summed E-state index contributed by atoms with van der Waals surface area (Å²) >= 11 is 4.72. The summed E-state index contributed by atoms with van der Waals surface area (Å²) in [5, 5.41) is 3.49. The molecule has 1 amide bonds. The van der Waals surface area contributed by atoms with Crippen LogP contribution in [0.4, 0.5) is 0 Å². The number of nitrogens with zero attached hydrogens (tertiary/aromatic N) is 2. The Morgan fingerprint density at radius 2 is 2.18 bits per heavy atom. The van der Waals surface area contributed by atoms with Crippen LogP contribution in [0.25, 0.3) is 11.0 Å². The van der Waals surface area contributed by atoms with E-state index in [1.807, 2.05) is 51.1 Å². The number of nitrogens with one attached hydrogen (secondary N) is 2. The number of aryl methyl sites for hydroxylation is 1. The zero-order chi connectivity index (χ0) is 20.3. The molecule has 0 fully saturated rings. The molecule has 1 unspecified atom stereocenters. The largest absolute Gasteiger partial charge is 0.353 e. The third-order valence-corrected chi connectivity index (χ3v) is 5.98. The molecule has 8 heteroatoms. The van der Waals surface area contributed by atoms with Gasteiger partial charge in [-0.25, -0.2) is 4.98 Å². The van der Waals surface area contributed by atoms with E-state index < -0.39 is 0 Å². The van der Waals surface area contributed by atoms with Crippen LogP contribution in [0, 0.1) is 6.92 Å². The number of thioether (sulfide) groups is 1. The molecule has 2 heterocycles. The normalized spacial score (nSPS) is 12.3. The van der Waals surface area contributed by atoms with E-state index >= 15 is 0 Å². The van der Waals surface area contributed by atoms with Gasteiger partial charge in [-0.05, 0) is 44.0 Å². The first kappa shape index (κ1) is 20.7. The van der Waals surface area contributed by atoms with Crippen molar-refractivity contribution in [3.05, 3.63) is 56.4 Å². The SMILES string of the molecule is CCC(C)n1c(SCC(=O)NCc2cccc(Br)c2)nc2cc(C)[nH]c2c1=O. The van der Waals surface area contributed by atoms with Crippen molar-refractivity contribution < 1.29 is 4.79 Å². The molecule has 2 N–H and O–H groups in total. The Kier molecular flexibility index (Phi) is 6.61. The number of amides is 1. The highest BCUT2D eigenvalue weighted by Gasteiger charge is 2.18. The van der Waals surface area contributed by atoms with Crippen LogP contribution >= 0.6 is 27.7 Å². The van der Waals surface area contributed by atoms with Gasteiger partial charge in [-0.3, -0.25) is 14.2 Å². The maximum atomic E-state index is 12.9. The van der Waals surface area contributed by atoms with Crippen LogP contribution in [-0.2, 0) is 11.3 Å². The summed E-state index contributed by atoms with van der Waals surface area (Å²) < 4.78 is 2.66. The summed E-state index contributed by atoms with van der Waals surface area (Å²) in [6, 6.07) is 9.67. The lowest BCUT2D eigenvalue weighted by Crippen LogP contribution is -2.28. The molecule has 2 aromatic heterocycles. The molecule has 6 nitrogen and oxygen atoms in total. The minimum Gasteiger partial charge on any atom is -0.353 e. The molecule has 3 rings (SSSR count). The number of H-pyrrole nitrogens is 1. The summed E-state index contributed by atoms with van der Waals surface area (Å²) in [6.07, 6.45) is 0.801. The Balaban J connectivity index is 1.75. The molecule has 0 radical (unpaired) electrons. The fourth-order valence-corrected chi connectivity index (χ4v) is 4.27. The topological polar surface area (TPSA) is 79.8 Å². The lowest BCUT2D eigenvalue weighted by atomic mass is 10.2. The van der Waals surface area contributed by atoms with Crippen LogP contribution in [-0.4, -0.2) is 26.2 Å². The van der Waals surface area contributed by atoms with Crippen molar-refractivity contribution in [3.8, 4) is 0 Å². The highest BCUT2D eigenvalue weighted by atomic mass is 79.9. The van der Waals surface area contributed by atoms with Gasteiger partial charge >= 0.3 is 0 Å². The molecule has 3 aromatic rings. The lowest BCUT2D eigenvalue weighted by molar-refractivity contribution is -0.118. The Morgan fingerprint density at radius 3 is 2.89 bits per heavy atom. The number of halogens is 1. The number of hydrogen-bond donors (Lipinski definition) is 2. The highest BCUT2D eigenvalue weighted by molar-refractivity contribution is 9.10. The van der Waals surface area contributed by atoms with E-state index in [0.717, 1.165) is 22.2 Å².